The number of nitrogens with one attached hydrogen (secondary N) is 2. The number of carbonyl (C=O) groups excluding carboxylic acids is 1. The molecule has 0 aromatic heterocycles. The normalized spacial score (nSPS) is 16.5. The fourth-order valence-electron chi connectivity index (χ4n) is 2.78. The second-order valence-corrected chi connectivity index (χ2v) is 5.68. The number of rotatable bonds is 8. The zero-order valence-electron chi connectivity index (χ0n) is 13.9. The molecule has 130 valence electrons. The van der Waals surface area contributed by atoms with Gasteiger partial charge in [-0.25, -0.2) is 0 Å². The summed E-state index contributed by atoms with van der Waals surface area (Å²) in [6, 6.07) is 5.75. The minimum Gasteiger partial charge on any atom is -0.497 e. The average molecular weight is 343 g/mol. The molecule has 2 N–H and O–H groups in total. The summed E-state index contributed by atoms with van der Waals surface area (Å²) in [5.74, 6) is 2.37. The molecule has 6 heteroatoms. The van der Waals surface area contributed by atoms with Crippen LogP contribution in [0.5, 0.6) is 11.5 Å². The Morgan fingerprint density at radius 3 is 2.83 bits per heavy atom. The molecule has 1 heterocycles. The summed E-state index contributed by atoms with van der Waals surface area (Å²) < 4.78 is 10.5. The Morgan fingerprint density at radius 1 is 1.35 bits per heavy atom. The number of amides is 1. The summed E-state index contributed by atoms with van der Waals surface area (Å²) in [6.45, 7) is 2.77. The van der Waals surface area contributed by atoms with Gasteiger partial charge in [-0.05, 0) is 49.9 Å². The second kappa shape index (κ2) is 10.3. The fourth-order valence-corrected chi connectivity index (χ4v) is 2.78. The lowest BCUT2D eigenvalue weighted by Gasteiger charge is -2.11. The Bertz CT molecular complexity index is 491. The molecule has 1 aromatic carbocycles. The van der Waals surface area contributed by atoms with Gasteiger partial charge in [0.15, 0.2) is 0 Å². The number of halogens is 1. The lowest BCUT2D eigenvalue weighted by atomic mass is 10.0. The minimum atomic E-state index is 0. The van der Waals surface area contributed by atoms with Crippen molar-refractivity contribution in [3.63, 3.8) is 0 Å². The van der Waals surface area contributed by atoms with Crippen molar-refractivity contribution in [1.29, 1.82) is 0 Å². The van der Waals surface area contributed by atoms with Gasteiger partial charge in [-0.3, -0.25) is 4.79 Å². The van der Waals surface area contributed by atoms with Gasteiger partial charge in [0, 0.05) is 19.0 Å². The Morgan fingerprint density at radius 2 is 2.17 bits per heavy atom. The zero-order chi connectivity index (χ0) is 15.8. The van der Waals surface area contributed by atoms with Crippen LogP contribution in [0.4, 0.5) is 0 Å². The van der Waals surface area contributed by atoms with E-state index in [2.05, 4.69) is 10.6 Å². The highest BCUT2D eigenvalue weighted by molar-refractivity contribution is 5.85. The maximum atomic E-state index is 11.9. The fraction of sp³-hybridized carbons (Fsp3) is 0.588. The maximum absolute atomic E-state index is 11.9. The standard InChI is InChI=1S/C17H26N2O3.ClH/c1-21-15-5-4-14(16(11-15)22-2)8-10-19-17(20)6-3-13-7-9-18-12-13;/h4-5,11,13,18H,3,6-10,12H2,1-2H3,(H,19,20);1H. The van der Waals surface area contributed by atoms with Crippen LogP contribution in [0.2, 0.25) is 0 Å². The SMILES string of the molecule is COc1ccc(CCNC(=O)CCC2CCNC2)c(OC)c1.Cl. The Kier molecular flexibility index (Phi) is 8.81. The highest BCUT2D eigenvalue weighted by Crippen LogP contribution is 2.24. The first-order chi connectivity index (χ1) is 10.7. The lowest BCUT2D eigenvalue weighted by Crippen LogP contribution is -2.26. The summed E-state index contributed by atoms with van der Waals surface area (Å²) in [5.41, 5.74) is 1.07. The van der Waals surface area contributed by atoms with Crippen molar-refractivity contribution in [3.8, 4) is 11.5 Å². The van der Waals surface area contributed by atoms with Crippen LogP contribution in [0.15, 0.2) is 18.2 Å². The summed E-state index contributed by atoms with van der Waals surface area (Å²) in [7, 11) is 3.28. The molecule has 0 radical (unpaired) electrons. The van der Waals surface area contributed by atoms with E-state index < -0.39 is 0 Å². The monoisotopic (exact) mass is 342 g/mol. The highest BCUT2D eigenvalue weighted by atomic mass is 35.5. The van der Waals surface area contributed by atoms with Crippen LogP contribution in [0.3, 0.4) is 0 Å². The molecule has 1 atom stereocenters. The van der Waals surface area contributed by atoms with Crippen molar-refractivity contribution < 1.29 is 14.3 Å². The van der Waals surface area contributed by atoms with Crippen LogP contribution < -0.4 is 20.1 Å². The first kappa shape index (κ1) is 19.6. The molecule has 0 bridgehead atoms. The van der Waals surface area contributed by atoms with Crippen LogP contribution in [-0.4, -0.2) is 39.8 Å². The second-order valence-electron chi connectivity index (χ2n) is 5.68. The number of carbonyl (C=O) groups is 1. The topological polar surface area (TPSA) is 59.6 Å². The predicted molar refractivity (Wildman–Crippen MR) is 93.7 cm³/mol. The van der Waals surface area contributed by atoms with Crippen molar-refractivity contribution in [2.24, 2.45) is 5.92 Å². The van der Waals surface area contributed by atoms with Gasteiger partial charge in [0.05, 0.1) is 14.2 Å². The molecule has 1 aliphatic heterocycles. The van der Waals surface area contributed by atoms with E-state index in [0.717, 1.165) is 43.0 Å². The van der Waals surface area contributed by atoms with E-state index in [1.54, 1.807) is 14.2 Å². The molecule has 0 saturated carbocycles. The largest absolute Gasteiger partial charge is 0.497 e. The number of benzene rings is 1. The van der Waals surface area contributed by atoms with Crippen molar-refractivity contribution in [1.82, 2.24) is 10.6 Å². The van der Waals surface area contributed by atoms with Crippen LogP contribution in [0.25, 0.3) is 0 Å². The average Bonchev–Trinajstić information content (AvgIpc) is 3.06. The van der Waals surface area contributed by atoms with Crippen molar-refractivity contribution in [2.45, 2.75) is 25.7 Å². The highest BCUT2D eigenvalue weighted by Gasteiger charge is 2.15. The molecule has 1 fully saturated rings. The van der Waals surface area contributed by atoms with E-state index in [1.807, 2.05) is 18.2 Å². The van der Waals surface area contributed by atoms with Crippen LogP contribution in [0, 0.1) is 5.92 Å². The van der Waals surface area contributed by atoms with E-state index in [-0.39, 0.29) is 18.3 Å². The first-order valence-electron chi connectivity index (χ1n) is 7.91. The van der Waals surface area contributed by atoms with Crippen LogP contribution >= 0.6 is 12.4 Å². The van der Waals surface area contributed by atoms with Crippen LogP contribution in [-0.2, 0) is 11.2 Å². The van der Waals surface area contributed by atoms with Crippen molar-refractivity contribution >= 4 is 18.3 Å². The van der Waals surface area contributed by atoms with Gasteiger partial charge >= 0.3 is 0 Å². The van der Waals surface area contributed by atoms with Gasteiger partial charge in [-0.15, -0.1) is 12.4 Å². The molecular formula is C17H27ClN2O3. The maximum Gasteiger partial charge on any atom is 0.220 e. The third-order valence-electron chi connectivity index (χ3n) is 4.15. The molecule has 0 aliphatic carbocycles. The number of hydrogen-bond acceptors (Lipinski definition) is 4. The molecule has 2 rings (SSSR count). The zero-order valence-corrected chi connectivity index (χ0v) is 14.7. The Balaban J connectivity index is 0.00000264. The predicted octanol–water partition coefficient (Wildman–Crippen LogP) is 2.17. The van der Waals surface area contributed by atoms with E-state index in [1.165, 1.54) is 6.42 Å². The molecule has 0 spiro atoms. The number of methoxy groups -OCH3 is 2. The summed E-state index contributed by atoms with van der Waals surface area (Å²) in [5, 5.41) is 6.32. The van der Waals surface area contributed by atoms with E-state index in [0.29, 0.717) is 18.9 Å². The van der Waals surface area contributed by atoms with Gasteiger partial charge < -0.3 is 20.1 Å². The summed E-state index contributed by atoms with van der Waals surface area (Å²) >= 11 is 0. The van der Waals surface area contributed by atoms with Gasteiger partial charge in [0.25, 0.3) is 0 Å². The summed E-state index contributed by atoms with van der Waals surface area (Å²) in [6.07, 6.45) is 3.54. The third-order valence-corrected chi connectivity index (χ3v) is 4.15. The minimum absolute atomic E-state index is 0. The van der Waals surface area contributed by atoms with Gasteiger partial charge in [0.2, 0.25) is 5.91 Å². The van der Waals surface area contributed by atoms with Crippen molar-refractivity contribution in [3.05, 3.63) is 23.8 Å². The molecule has 1 aromatic rings. The lowest BCUT2D eigenvalue weighted by molar-refractivity contribution is -0.121. The number of ether oxygens (including phenoxy) is 2. The Labute approximate surface area is 144 Å². The van der Waals surface area contributed by atoms with Gasteiger partial charge in [-0.2, -0.15) is 0 Å². The van der Waals surface area contributed by atoms with E-state index in [4.69, 9.17) is 9.47 Å². The molecular weight excluding hydrogens is 316 g/mol. The Hall–Kier alpha value is -1.46. The van der Waals surface area contributed by atoms with Gasteiger partial charge in [0.1, 0.15) is 11.5 Å². The smallest absolute Gasteiger partial charge is 0.220 e. The van der Waals surface area contributed by atoms with Crippen LogP contribution in [0.1, 0.15) is 24.8 Å². The van der Waals surface area contributed by atoms with Gasteiger partial charge in [-0.1, -0.05) is 6.07 Å². The van der Waals surface area contributed by atoms with Crippen molar-refractivity contribution in [2.75, 3.05) is 33.9 Å². The molecule has 23 heavy (non-hydrogen) atoms. The van der Waals surface area contributed by atoms with E-state index in [9.17, 15) is 4.79 Å². The first-order valence-corrected chi connectivity index (χ1v) is 7.91. The quantitative estimate of drug-likeness (QED) is 0.760. The molecule has 1 aliphatic rings. The molecule has 1 saturated heterocycles. The molecule has 1 unspecified atom stereocenters. The summed E-state index contributed by atoms with van der Waals surface area (Å²) in [4.78, 5) is 11.9. The molecule has 1 amide bonds. The molecule has 5 nitrogen and oxygen atoms in total. The third kappa shape index (κ3) is 6.28. The number of hydrogen-bond donors (Lipinski definition) is 2. The van der Waals surface area contributed by atoms with E-state index >= 15 is 0 Å².